The van der Waals surface area contributed by atoms with Gasteiger partial charge in [0.1, 0.15) is 0 Å². The molecule has 1 atom stereocenters. The third kappa shape index (κ3) is 3.56. The number of hydrogen-bond donors (Lipinski definition) is 2. The molecule has 1 aliphatic rings. The molecule has 0 bridgehead atoms. The van der Waals surface area contributed by atoms with Crippen molar-refractivity contribution in [2.75, 3.05) is 6.54 Å². The van der Waals surface area contributed by atoms with Gasteiger partial charge in [-0.15, -0.1) is 0 Å². The van der Waals surface area contributed by atoms with E-state index < -0.39 is 5.60 Å². The molecule has 0 spiro atoms. The molecule has 1 fully saturated rings. The van der Waals surface area contributed by atoms with Crippen molar-refractivity contribution in [3.8, 4) is 0 Å². The van der Waals surface area contributed by atoms with Crippen LogP contribution in [0.15, 0.2) is 30.3 Å². The number of rotatable bonds is 7. The molecule has 0 amide bonds. The van der Waals surface area contributed by atoms with E-state index in [0.717, 1.165) is 25.7 Å². The average molecular weight is 263 g/mol. The Hall–Kier alpha value is -0.900. The molecule has 106 valence electrons. The second-order valence-electron chi connectivity index (χ2n) is 5.65. The van der Waals surface area contributed by atoms with Crippen molar-refractivity contribution in [3.63, 3.8) is 0 Å². The summed E-state index contributed by atoms with van der Waals surface area (Å²) in [5.41, 5.74) is 6.36. The predicted molar refractivity (Wildman–Crippen MR) is 76.7 cm³/mol. The Labute approximate surface area is 115 Å². The summed E-state index contributed by atoms with van der Waals surface area (Å²) in [6.07, 6.45) is 3.69. The Balaban J connectivity index is 1.76. The average Bonchev–Trinajstić information content (AvgIpc) is 2.40. The molecule has 2 rings (SSSR count). The van der Waals surface area contributed by atoms with E-state index in [2.05, 4.69) is 19.1 Å². The van der Waals surface area contributed by atoms with E-state index in [1.165, 1.54) is 5.56 Å². The maximum absolute atomic E-state index is 10.5. The zero-order valence-electron chi connectivity index (χ0n) is 11.7. The van der Waals surface area contributed by atoms with Gasteiger partial charge in [-0.3, -0.25) is 0 Å². The molecule has 1 aromatic rings. The van der Waals surface area contributed by atoms with Crippen molar-refractivity contribution in [2.24, 2.45) is 11.7 Å². The van der Waals surface area contributed by atoms with Crippen LogP contribution in [0.4, 0.5) is 0 Å². The molecule has 1 unspecified atom stereocenters. The molecule has 1 aliphatic carbocycles. The zero-order valence-corrected chi connectivity index (χ0v) is 11.7. The van der Waals surface area contributed by atoms with Crippen LogP contribution in [0.2, 0.25) is 0 Å². The normalized spacial score (nSPS) is 27.8. The quantitative estimate of drug-likeness (QED) is 0.794. The number of nitrogens with two attached hydrogens (primary N) is 1. The maximum atomic E-state index is 10.5. The Morgan fingerprint density at radius 1 is 1.37 bits per heavy atom. The number of ether oxygens (including phenoxy) is 1. The van der Waals surface area contributed by atoms with E-state index in [9.17, 15) is 5.11 Å². The van der Waals surface area contributed by atoms with Crippen molar-refractivity contribution < 1.29 is 9.84 Å². The fraction of sp³-hybridized carbons (Fsp3) is 0.625. The molecule has 0 aromatic heterocycles. The van der Waals surface area contributed by atoms with E-state index >= 15 is 0 Å². The first-order valence-corrected chi connectivity index (χ1v) is 7.26. The lowest BCUT2D eigenvalue weighted by atomic mass is 9.68. The standard InChI is InChI=1S/C16H25NO2/c1-2-6-14(11-17)16(18)9-15(10-16)19-12-13-7-4-3-5-8-13/h3-5,7-8,14-15,18H,2,6,9-12,17H2,1H3. The molecule has 1 saturated carbocycles. The molecule has 19 heavy (non-hydrogen) atoms. The minimum absolute atomic E-state index is 0.177. The SMILES string of the molecule is CCCC(CN)C1(O)CC(OCc2ccccc2)C1. The van der Waals surface area contributed by atoms with Gasteiger partial charge in [-0.05, 0) is 18.5 Å². The van der Waals surface area contributed by atoms with Crippen LogP contribution in [0.5, 0.6) is 0 Å². The van der Waals surface area contributed by atoms with Crippen molar-refractivity contribution in [1.82, 2.24) is 0 Å². The van der Waals surface area contributed by atoms with Crippen LogP contribution in [0, 0.1) is 5.92 Å². The smallest absolute Gasteiger partial charge is 0.0737 e. The van der Waals surface area contributed by atoms with E-state index in [1.54, 1.807) is 0 Å². The van der Waals surface area contributed by atoms with Gasteiger partial charge in [0.25, 0.3) is 0 Å². The highest BCUT2D eigenvalue weighted by atomic mass is 16.5. The fourth-order valence-corrected chi connectivity index (χ4v) is 2.92. The van der Waals surface area contributed by atoms with Gasteiger partial charge in [-0.1, -0.05) is 43.7 Å². The summed E-state index contributed by atoms with van der Waals surface area (Å²) in [4.78, 5) is 0. The van der Waals surface area contributed by atoms with Crippen LogP contribution >= 0.6 is 0 Å². The molecule has 0 aliphatic heterocycles. The van der Waals surface area contributed by atoms with Crippen molar-refractivity contribution in [2.45, 2.75) is 50.9 Å². The lowest BCUT2D eigenvalue weighted by Gasteiger charge is -2.48. The highest BCUT2D eigenvalue weighted by Gasteiger charge is 2.47. The minimum atomic E-state index is -0.591. The fourth-order valence-electron chi connectivity index (χ4n) is 2.92. The van der Waals surface area contributed by atoms with Gasteiger partial charge in [-0.2, -0.15) is 0 Å². The molecule has 3 N–H and O–H groups in total. The third-order valence-electron chi connectivity index (χ3n) is 4.17. The summed E-state index contributed by atoms with van der Waals surface area (Å²) in [6.45, 7) is 3.33. The van der Waals surface area contributed by atoms with E-state index in [4.69, 9.17) is 10.5 Å². The maximum Gasteiger partial charge on any atom is 0.0737 e. The Morgan fingerprint density at radius 3 is 2.63 bits per heavy atom. The lowest BCUT2D eigenvalue weighted by Crippen LogP contribution is -2.55. The molecule has 3 heteroatoms. The van der Waals surface area contributed by atoms with Crippen LogP contribution in [0.25, 0.3) is 0 Å². The van der Waals surface area contributed by atoms with Crippen LogP contribution in [0.1, 0.15) is 38.2 Å². The second-order valence-corrected chi connectivity index (χ2v) is 5.65. The summed E-state index contributed by atoms with van der Waals surface area (Å²) in [7, 11) is 0. The minimum Gasteiger partial charge on any atom is -0.389 e. The summed E-state index contributed by atoms with van der Waals surface area (Å²) in [5.74, 6) is 0.217. The Morgan fingerprint density at radius 2 is 2.05 bits per heavy atom. The summed E-state index contributed by atoms with van der Waals surface area (Å²) >= 11 is 0. The van der Waals surface area contributed by atoms with Gasteiger partial charge in [0.05, 0.1) is 18.3 Å². The van der Waals surface area contributed by atoms with Crippen LogP contribution in [0.3, 0.4) is 0 Å². The monoisotopic (exact) mass is 263 g/mol. The van der Waals surface area contributed by atoms with Gasteiger partial charge >= 0.3 is 0 Å². The van der Waals surface area contributed by atoms with E-state index in [-0.39, 0.29) is 12.0 Å². The van der Waals surface area contributed by atoms with Gasteiger partial charge < -0.3 is 15.6 Å². The van der Waals surface area contributed by atoms with Crippen LogP contribution in [-0.2, 0) is 11.3 Å². The first-order chi connectivity index (χ1) is 9.18. The molecular weight excluding hydrogens is 238 g/mol. The van der Waals surface area contributed by atoms with Gasteiger partial charge in [0, 0.05) is 18.8 Å². The first-order valence-electron chi connectivity index (χ1n) is 7.26. The van der Waals surface area contributed by atoms with Crippen molar-refractivity contribution >= 4 is 0 Å². The highest BCUT2D eigenvalue weighted by Crippen LogP contribution is 2.42. The summed E-state index contributed by atoms with van der Waals surface area (Å²) in [5, 5.41) is 10.5. The topological polar surface area (TPSA) is 55.5 Å². The Kier molecular flexibility index (Phi) is 4.97. The Bertz CT molecular complexity index is 374. The molecule has 0 saturated heterocycles. The largest absolute Gasteiger partial charge is 0.389 e. The van der Waals surface area contributed by atoms with Crippen molar-refractivity contribution in [3.05, 3.63) is 35.9 Å². The molecule has 3 nitrogen and oxygen atoms in total. The van der Waals surface area contributed by atoms with Gasteiger partial charge in [0.2, 0.25) is 0 Å². The number of benzene rings is 1. The summed E-state index contributed by atoms with van der Waals surface area (Å²) in [6, 6.07) is 10.2. The number of aliphatic hydroxyl groups is 1. The van der Waals surface area contributed by atoms with Gasteiger partial charge in [0.15, 0.2) is 0 Å². The lowest BCUT2D eigenvalue weighted by molar-refractivity contribution is -0.171. The third-order valence-corrected chi connectivity index (χ3v) is 4.17. The van der Waals surface area contributed by atoms with E-state index in [0.29, 0.717) is 13.2 Å². The molecule has 0 radical (unpaired) electrons. The molecule has 0 heterocycles. The summed E-state index contributed by atoms with van der Waals surface area (Å²) < 4.78 is 5.83. The highest BCUT2D eigenvalue weighted by molar-refractivity contribution is 5.13. The zero-order chi connectivity index (χ0) is 13.7. The molecule has 1 aromatic carbocycles. The van der Waals surface area contributed by atoms with Gasteiger partial charge in [-0.25, -0.2) is 0 Å². The molecular formula is C16H25NO2. The first kappa shape index (κ1) is 14.5. The van der Waals surface area contributed by atoms with Crippen LogP contribution < -0.4 is 5.73 Å². The van der Waals surface area contributed by atoms with E-state index in [1.807, 2.05) is 18.2 Å². The second kappa shape index (κ2) is 6.51. The number of hydrogen-bond acceptors (Lipinski definition) is 3. The predicted octanol–water partition coefficient (Wildman–Crippen LogP) is 2.47. The van der Waals surface area contributed by atoms with Crippen molar-refractivity contribution in [1.29, 1.82) is 0 Å². The van der Waals surface area contributed by atoms with Crippen LogP contribution in [-0.4, -0.2) is 23.4 Å².